The van der Waals surface area contributed by atoms with Crippen molar-refractivity contribution in [3.63, 3.8) is 0 Å². The molecule has 0 fully saturated rings. The number of nitriles is 1. The molecule has 4 N–H and O–H groups in total. The summed E-state index contributed by atoms with van der Waals surface area (Å²) < 4.78 is 13.1. The zero-order chi connectivity index (χ0) is 26.5. The minimum absolute atomic E-state index is 0. The van der Waals surface area contributed by atoms with Crippen LogP contribution in [0.5, 0.6) is 0 Å². The van der Waals surface area contributed by atoms with Gasteiger partial charge in [-0.2, -0.15) is 5.26 Å². The molecular weight excluding hydrogens is 509 g/mol. The Hall–Kier alpha value is -4.65. The molecule has 1 heterocycles. The Morgan fingerprint density at radius 2 is 1.74 bits per heavy atom. The minimum Gasteiger partial charge on any atom is -0.477 e. The van der Waals surface area contributed by atoms with Gasteiger partial charge in [0.05, 0.1) is 17.7 Å². The van der Waals surface area contributed by atoms with Crippen molar-refractivity contribution in [3.05, 3.63) is 118 Å². The van der Waals surface area contributed by atoms with Gasteiger partial charge >= 0.3 is 5.97 Å². The van der Waals surface area contributed by atoms with Crippen LogP contribution in [0.2, 0.25) is 0 Å². The molecule has 10 heteroatoms. The van der Waals surface area contributed by atoms with E-state index in [2.05, 4.69) is 27.4 Å². The van der Waals surface area contributed by atoms with Crippen LogP contribution >= 0.6 is 12.4 Å². The van der Waals surface area contributed by atoms with Crippen LogP contribution in [-0.2, 0) is 6.54 Å². The number of rotatable bonds is 4. The molecule has 5 rings (SSSR count). The second-order valence-corrected chi connectivity index (χ2v) is 8.34. The number of carboxylic acid groups (broad SMARTS) is 1. The third kappa shape index (κ3) is 6.00. The summed E-state index contributed by atoms with van der Waals surface area (Å²) in [6.45, 7) is 1.82. The minimum atomic E-state index is -1.24. The van der Waals surface area contributed by atoms with Crippen molar-refractivity contribution < 1.29 is 19.1 Å². The molecule has 1 atom stereocenters. The topological polar surface area (TPSA) is 142 Å². The molecule has 1 aromatic heterocycles. The van der Waals surface area contributed by atoms with E-state index in [0.29, 0.717) is 11.1 Å². The van der Waals surface area contributed by atoms with Gasteiger partial charge in [0.2, 0.25) is 0 Å². The average molecular weight is 532 g/mol. The van der Waals surface area contributed by atoms with Crippen LogP contribution in [0, 0.1) is 24.1 Å². The van der Waals surface area contributed by atoms with E-state index in [1.54, 1.807) is 19.1 Å². The van der Waals surface area contributed by atoms with Crippen LogP contribution in [0.4, 0.5) is 4.39 Å². The maximum atomic E-state index is 13.1. The number of aromatic nitrogens is 2. The molecule has 1 amide bonds. The number of aromatic carboxylic acids is 1. The Morgan fingerprint density at radius 1 is 1.03 bits per heavy atom. The van der Waals surface area contributed by atoms with Crippen molar-refractivity contribution in [1.29, 1.82) is 5.26 Å². The van der Waals surface area contributed by atoms with Gasteiger partial charge in [0.15, 0.2) is 5.69 Å². The highest BCUT2D eigenvalue weighted by molar-refractivity contribution is 5.94. The number of amides is 1. The summed E-state index contributed by atoms with van der Waals surface area (Å²) in [7, 11) is 0. The number of halogens is 2. The average Bonchev–Trinajstić information content (AvgIpc) is 3.21. The maximum absolute atomic E-state index is 13.1. The number of fused-ring (bicyclic) bond motifs is 3. The van der Waals surface area contributed by atoms with Crippen LogP contribution in [0.3, 0.4) is 0 Å². The quantitative estimate of drug-likeness (QED) is 0.350. The maximum Gasteiger partial charge on any atom is 0.354 e. The van der Waals surface area contributed by atoms with E-state index in [9.17, 15) is 14.0 Å². The molecule has 1 aliphatic rings. The fourth-order valence-corrected chi connectivity index (χ4v) is 4.00. The first-order valence-corrected chi connectivity index (χ1v) is 11.3. The van der Waals surface area contributed by atoms with Gasteiger partial charge in [0.1, 0.15) is 17.8 Å². The summed E-state index contributed by atoms with van der Waals surface area (Å²) in [5, 5.41) is 20.3. The normalized spacial score (nSPS) is 12.5. The third-order valence-electron chi connectivity index (χ3n) is 5.90. The van der Waals surface area contributed by atoms with Crippen molar-refractivity contribution >= 4 is 24.3 Å². The third-order valence-corrected chi connectivity index (χ3v) is 5.90. The van der Waals surface area contributed by atoms with Gasteiger partial charge in [-0.15, -0.1) is 12.4 Å². The highest BCUT2D eigenvalue weighted by Gasteiger charge is 2.25. The van der Waals surface area contributed by atoms with Gasteiger partial charge in [-0.1, -0.05) is 42.5 Å². The number of nitrogens with zero attached hydrogens (tertiary/aromatic N) is 3. The van der Waals surface area contributed by atoms with Crippen LogP contribution in [0.1, 0.15) is 54.8 Å². The molecule has 0 bridgehead atoms. The Labute approximate surface area is 224 Å². The lowest BCUT2D eigenvalue weighted by molar-refractivity contribution is 0.0690. The SMILES string of the molecule is Cc1cc(CNC(=O)c2cc(C(=O)O)ncn2)ccc1F.Cl.N#Cc1ccc2c(c1)-c1ccccc1C2N. The fourth-order valence-electron chi connectivity index (χ4n) is 4.00. The van der Waals surface area contributed by atoms with Crippen molar-refractivity contribution in [2.75, 3.05) is 0 Å². The molecule has 0 saturated carbocycles. The van der Waals surface area contributed by atoms with E-state index in [1.807, 2.05) is 36.4 Å². The van der Waals surface area contributed by atoms with Crippen molar-refractivity contribution in [3.8, 4) is 17.2 Å². The molecule has 1 unspecified atom stereocenters. The number of carbonyl (C=O) groups is 2. The van der Waals surface area contributed by atoms with Crippen LogP contribution < -0.4 is 11.1 Å². The molecule has 38 heavy (non-hydrogen) atoms. The summed E-state index contributed by atoms with van der Waals surface area (Å²) in [6.07, 6.45) is 1.01. The Kier molecular flexibility index (Phi) is 8.86. The molecule has 0 spiro atoms. The number of carboxylic acids is 1. The number of benzene rings is 3. The van der Waals surface area contributed by atoms with E-state index in [1.165, 1.54) is 6.07 Å². The molecule has 192 valence electrons. The van der Waals surface area contributed by atoms with Crippen LogP contribution in [0.15, 0.2) is 73.1 Å². The molecule has 0 aliphatic heterocycles. The molecule has 8 nitrogen and oxygen atoms in total. The van der Waals surface area contributed by atoms with Crippen molar-refractivity contribution in [2.24, 2.45) is 5.73 Å². The first kappa shape index (κ1) is 27.9. The molecule has 0 saturated heterocycles. The number of carbonyl (C=O) groups excluding carboxylic acids is 1. The molecule has 1 aliphatic carbocycles. The predicted molar refractivity (Wildman–Crippen MR) is 141 cm³/mol. The van der Waals surface area contributed by atoms with Gasteiger partial charge in [-0.05, 0) is 58.5 Å². The standard InChI is InChI=1S/C14H12FN3O3.C14H10N2.ClH/c1-8-4-9(2-3-10(8)15)6-16-13(19)11-5-12(14(20)21)18-7-17-11;15-8-9-5-6-12-13(7-9)10-3-1-2-4-11(10)14(12)16;/h2-5,7H,6H2,1H3,(H,16,19)(H,20,21);1-7,14H,16H2;1H. The summed E-state index contributed by atoms with van der Waals surface area (Å²) in [5.41, 5.74) is 12.3. The number of nitrogens with one attached hydrogen (secondary N) is 1. The molecular formula is C28H23ClFN5O3. The van der Waals surface area contributed by atoms with Gasteiger partial charge < -0.3 is 16.2 Å². The zero-order valence-corrected chi connectivity index (χ0v) is 21.0. The monoisotopic (exact) mass is 531 g/mol. The van der Waals surface area contributed by atoms with Gasteiger partial charge in [-0.25, -0.2) is 19.2 Å². The zero-order valence-electron chi connectivity index (χ0n) is 20.2. The lowest BCUT2D eigenvalue weighted by atomic mass is 10.0. The molecule has 3 aromatic carbocycles. The van der Waals surface area contributed by atoms with Gasteiger partial charge in [0, 0.05) is 12.6 Å². The summed E-state index contributed by atoms with van der Waals surface area (Å²) in [6, 6.07) is 21.5. The number of hydrogen-bond acceptors (Lipinski definition) is 6. The van der Waals surface area contributed by atoms with Gasteiger partial charge in [-0.3, -0.25) is 4.79 Å². The van der Waals surface area contributed by atoms with E-state index >= 15 is 0 Å². The molecule has 0 radical (unpaired) electrons. The Bertz CT molecular complexity index is 1550. The molecule has 4 aromatic rings. The highest BCUT2D eigenvalue weighted by Crippen LogP contribution is 2.42. The Morgan fingerprint density at radius 3 is 2.45 bits per heavy atom. The van der Waals surface area contributed by atoms with Crippen LogP contribution in [0.25, 0.3) is 11.1 Å². The van der Waals surface area contributed by atoms with E-state index in [-0.39, 0.29) is 42.2 Å². The smallest absolute Gasteiger partial charge is 0.354 e. The Balaban J connectivity index is 0.000000211. The number of hydrogen-bond donors (Lipinski definition) is 3. The first-order valence-electron chi connectivity index (χ1n) is 11.3. The summed E-state index contributed by atoms with van der Waals surface area (Å²) in [5.74, 6) is -2.07. The number of aryl methyl sites for hydroxylation is 1. The fraction of sp³-hybridized carbons (Fsp3) is 0.107. The highest BCUT2D eigenvalue weighted by atomic mass is 35.5. The predicted octanol–water partition coefficient (Wildman–Crippen LogP) is 4.56. The van der Waals surface area contributed by atoms with E-state index < -0.39 is 11.9 Å². The largest absolute Gasteiger partial charge is 0.477 e. The number of nitrogens with two attached hydrogens (primary N) is 1. The lowest BCUT2D eigenvalue weighted by Crippen LogP contribution is -2.24. The van der Waals surface area contributed by atoms with E-state index in [0.717, 1.165) is 40.2 Å². The van der Waals surface area contributed by atoms with Crippen molar-refractivity contribution in [2.45, 2.75) is 19.5 Å². The van der Waals surface area contributed by atoms with Crippen LogP contribution in [-0.4, -0.2) is 27.0 Å². The second kappa shape index (κ2) is 12.1. The van der Waals surface area contributed by atoms with Gasteiger partial charge in [0.25, 0.3) is 5.91 Å². The summed E-state index contributed by atoms with van der Waals surface area (Å²) in [4.78, 5) is 29.9. The van der Waals surface area contributed by atoms with E-state index in [4.69, 9.17) is 16.1 Å². The first-order chi connectivity index (χ1) is 17.8. The van der Waals surface area contributed by atoms with Crippen molar-refractivity contribution in [1.82, 2.24) is 15.3 Å². The summed E-state index contributed by atoms with van der Waals surface area (Å²) >= 11 is 0. The second-order valence-electron chi connectivity index (χ2n) is 8.34. The lowest BCUT2D eigenvalue weighted by Gasteiger charge is -2.06.